The van der Waals surface area contributed by atoms with Crippen LogP contribution in [0, 0.1) is 3.57 Å². The number of ether oxygens (including phenoxy) is 1. The highest BCUT2D eigenvalue weighted by molar-refractivity contribution is 14.1. The first-order chi connectivity index (χ1) is 9.61. The van der Waals surface area contributed by atoms with Crippen molar-refractivity contribution in [3.05, 3.63) is 62.1 Å². The first kappa shape index (κ1) is 15.8. The number of hydrogen-bond donors (Lipinski definition) is 1. The third kappa shape index (κ3) is 3.96. The lowest BCUT2D eigenvalue weighted by Crippen LogP contribution is -2.31. The van der Waals surface area contributed by atoms with Gasteiger partial charge in [0.05, 0.1) is 0 Å². The Labute approximate surface area is 142 Å². The van der Waals surface area contributed by atoms with Crippen molar-refractivity contribution in [1.82, 2.24) is 0 Å². The van der Waals surface area contributed by atoms with Crippen LogP contribution in [0.3, 0.4) is 0 Å². The summed E-state index contributed by atoms with van der Waals surface area (Å²) < 4.78 is 8.35. The fourth-order valence-electron chi connectivity index (χ4n) is 1.96. The number of halogens is 2. The molecular weight excluding hydrogens is 429 g/mol. The zero-order valence-corrected chi connectivity index (χ0v) is 15.0. The van der Waals surface area contributed by atoms with E-state index in [2.05, 4.69) is 51.5 Å². The summed E-state index contributed by atoms with van der Waals surface area (Å²) >= 11 is 5.86. The molecule has 0 heterocycles. The molecule has 2 unspecified atom stereocenters. The van der Waals surface area contributed by atoms with Crippen molar-refractivity contribution in [3.63, 3.8) is 0 Å². The minimum absolute atomic E-state index is 0.0482. The molecule has 0 aromatic heterocycles. The Morgan fingerprint density at radius 3 is 2.40 bits per heavy atom. The number of benzene rings is 2. The summed E-state index contributed by atoms with van der Waals surface area (Å²) in [4.78, 5) is 0. The van der Waals surface area contributed by atoms with E-state index in [9.17, 15) is 0 Å². The predicted octanol–water partition coefficient (Wildman–Crippen LogP) is 4.91. The Kier molecular flexibility index (Phi) is 5.86. The van der Waals surface area contributed by atoms with Gasteiger partial charge >= 0.3 is 0 Å². The van der Waals surface area contributed by atoms with Crippen molar-refractivity contribution < 1.29 is 4.74 Å². The van der Waals surface area contributed by atoms with Crippen LogP contribution < -0.4 is 10.5 Å². The first-order valence-corrected chi connectivity index (χ1v) is 8.41. The van der Waals surface area contributed by atoms with E-state index in [-0.39, 0.29) is 12.1 Å². The SMILES string of the molecule is CCC(N)C(Oc1ccc(I)cc1)c1ccccc1Br. The summed E-state index contributed by atoms with van der Waals surface area (Å²) in [6.07, 6.45) is 0.701. The van der Waals surface area contributed by atoms with Crippen LogP contribution in [0.5, 0.6) is 5.75 Å². The smallest absolute Gasteiger partial charge is 0.140 e. The molecule has 0 fully saturated rings. The molecule has 0 aliphatic heterocycles. The minimum Gasteiger partial charge on any atom is -0.484 e. The van der Waals surface area contributed by atoms with Crippen LogP contribution in [0.15, 0.2) is 53.0 Å². The molecule has 2 N–H and O–H groups in total. The molecule has 20 heavy (non-hydrogen) atoms. The normalized spacial score (nSPS) is 13.8. The Bertz CT molecular complexity index is 559. The maximum atomic E-state index is 6.25. The van der Waals surface area contributed by atoms with Crippen molar-refractivity contribution in [1.29, 1.82) is 0 Å². The molecule has 0 saturated carbocycles. The van der Waals surface area contributed by atoms with Gasteiger partial charge in [0.2, 0.25) is 0 Å². The molecule has 0 spiro atoms. The zero-order chi connectivity index (χ0) is 14.5. The molecule has 0 bridgehead atoms. The molecule has 2 atom stereocenters. The lowest BCUT2D eigenvalue weighted by Gasteiger charge is -2.25. The predicted molar refractivity (Wildman–Crippen MR) is 94.9 cm³/mol. The maximum absolute atomic E-state index is 6.25. The second-order valence-corrected chi connectivity index (χ2v) is 6.69. The van der Waals surface area contributed by atoms with Gasteiger partial charge in [-0.15, -0.1) is 0 Å². The second kappa shape index (κ2) is 7.43. The van der Waals surface area contributed by atoms with Gasteiger partial charge in [0, 0.05) is 19.6 Å². The molecule has 0 radical (unpaired) electrons. The highest BCUT2D eigenvalue weighted by Gasteiger charge is 2.22. The van der Waals surface area contributed by atoms with Gasteiger partial charge in [0.1, 0.15) is 11.9 Å². The molecular formula is C16H17BrINO. The quantitative estimate of drug-likeness (QED) is 0.663. The third-order valence-electron chi connectivity index (χ3n) is 3.15. The summed E-state index contributed by atoms with van der Waals surface area (Å²) in [5.74, 6) is 0.843. The van der Waals surface area contributed by atoms with Crippen LogP contribution in [0.25, 0.3) is 0 Å². The highest BCUT2D eigenvalue weighted by Crippen LogP contribution is 2.30. The van der Waals surface area contributed by atoms with Crippen molar-refractivity contribution in [2.45, 2.75) is 25.5 Å². The summed E-state index contributed by atoms with van der Waals surface area (Å²) in [5.41, 5.74) is 7.33. The van der Waals surface area contributed by atoms with Gasteiger partial charge in [-0.05, 0) is 59.3 Å². The molecule has 2 aromatic rings. The number of nitrogens with two attached hydrogens (primary N) is 1. The van der Waals surface area contributed by atoms with Crippen molar-refractivity contribution >= 4 is 38.5 Å². The lowest BCUT2D eigenvalue weighted by molar-refractivity contribution is 0.170. The van der Waals surface area contributed by atoms with Crippen molar-refractivity contribution in [2.24, 2.45) is 5.73 Å². The topological polar surface area (TPSA) is 35.2 Å². The number of rotatable bonds is 5. The number of hydrogen-bond acceptors (Lipinski definition) is 2. The van der Waals surface area contributed by atoms with Crippen molar-refractivity contribution in [3.8, 4) is 5.75 Å². The maximum Gasteiger partial charge on any atom is 0.140 e. The van der Waals surface area contributed by atoms with E-state index in [0.29, 0.717) is 0 Å². The van der Waals surface area contributed by atoms with Gasteiger partial charge in [-0.1, -0.05) is 41.1 Å². The summed E-state index contributed by atoms with van der Waals surface area (Å²) in [7, 11) is 0. The van der Waals surface area contributed by atoms with E-state index in [1.54, 1.807) is 0 Å². The Balaban J connectivity index is 2.29. The summed E-state index contributed by atoms with van der Waals surface area (Å²) in [6.45, 7) is 2.08. The van der Waals surface area contributed by atoms with Gasteiger partial charge in [0.25, 0.3) is 0 Å². The average Bonchev–Trinajstić information content (AvgIpc) is 2.47. The molecule has 0 amide bonds. The zero-order valence-electron chi connectivity index (χ0n) is 11.2. The molecule has 4 heteroatoms. The second-order valence-electron chi connectivity index (χ2n) is 4.59. The Morgan fingerprint density at radius 1 is 1.15 bits per heavy atom. The van der Waals surface area contributed by atoms with Gasteiger partial charge in [-0.3, -0.25) is 0 Å². The molecule has 0 aliphatic rings. The van der Waals surface area contributed by atoms with Crippen LogP contribution in [-0.4, -0.2) is 6.04 Å². The van der Waals surface area contributed by atoms with Gasteiger partial charge in [-0.25, -0.2) is 0 Å². The molecule has 2 aromatic carbocycles. The third-order valence-corrected chi connectivity index (χ3v) is 4.59. The van der Waals surface area contributed by atoms with Gasteiger partial charge in [0.15, 0.2) is 0 Å². The van der Waals surface area contributed by atoms with Crippen LogP contribution in [0.2, 0.25) is 0 Å². The minimum atomic E-state index is -0.157. The van der Waals surface area contributed by atoms with E-state index in [0.717, 1.165) is 22.2 Å². The van der Waals surface area contributed by atoms with Crippen LogP contribution in [0.4, 0.5) is 0 Å². The summed E-state index contributed by atoms with van der Waals surface area (Å²) in [5, 5.41) is 0. The summed E-state index contributed by atoms with van der Waals surface area (Å²) in [6, 6.07) is 16.0. The van der Waals surface area contributed by atoms with E-state index in [1.165, 1.54) is 3.57 Å². The standard InChI is InChI=1S/C16H17BrINO/c1-2-15(19)16(13-5-3-4-6-14(13)17)20-12-9-7-11(18)8-10-12/h3-10,15-16H,2,19H2,1H3. The molecule has 0 saturated heterocycles. The van der Waals surface area contributed by atoms with Gasteiger partial charge in [-0.2, -0.15) is 0 Å². The Hall–Kier alpha value is -0.590. The Morgan fingerprint density at radius 2 is 1.80 bits per heavy atom. The fourth-order valence-corrected chi connectivity index (χ4v) is 2.83. The monoisotopic (exact) mass is 445 g/mol. The van der Waals surface area contributed by atoms with E-state index in [4.69, 9.17) is 10.5 Å². The van der Waals surface area contributed by atoms with E-state index < -0.39 is 0 Å². The highest BCUT2D eigenvalue weighted by atomic mass is 127. The van der Waals surface area contributed by atoms with Crippen LogP contribution in [-0.2, 0) is 0 Å². The lowest BCUT2D eigenvalue weighted by atomic mass is 10.0. The van der Waals surface area contributed by atoms with E-state index >= 15 is 0 Å². The average molecular weight is 446 g/mol. The van der Waals surface area contributed by atoms with Crippen molar-refractivity contribution in [2.75, 3.05) is 0 Å². The molecule has 0 aliphatic carbocycles. The first-order valence-electron chi connectivity index (χ1n) is 6.54. The molecule has 2 rings (SSSR count). The molecule has 106 valence electrons. The largest absolute Gasteiger partial charge is 0.484 e. The fraction of sp³-hybridized carbons (Fsp3) is 0.250. The van der Waals surface area contributed by atoms with Gasteiger partial charge < -0.3 is 10.5 Å². The van der Waals surface area contributed by atoms with E-state index in [1.807, 2.05) is 42.5 Å². The molecule has 2 nitrogen and oxygen atoms in total. The van der Waals surface area contributed by atoms with Crippen LogP contribution in [0.1, 0.15) is 25.0 Å². The van der Waals surface area contributed by atoms with Crippen LogP contribution >= 0.6 is 38.5 Å².